The third-order valence-corrected chi connectivity index (χ3v) is 2.57. The van der Waals surface area contributed by atoms with Crippen LogP contribution in [0.25, 0.3) is 0 Å². The van der Waals surface area contributed by atoms with Crippen LogP contribution in [0.15, 0.2) is 36.4 Å². The molecule has 0 saturated carbocycles. The lowest BCUT2D eigenvalue weighted by atomic mass is 10.2. The Morgan fingerprint density at radius 1 is 1.28 bits per heavy atom. The summed E-state index contributed by atoms with van der Waals surface area (Å²) in [6.45, 7) is 2.52. The molecule has 1 heterocycles. The number of hydrogen-bond acceptors (Lipinski definition) is 3. The average Bonchev–Trinajstić information content (AvgIpc) is 2.37. The summed E-state index contributed by atoms with van der Waals surface area (Å²) in [6, 6.07) is 10.3. The predicted octanol–water partition coefficient (Wildman–Crippen LogP) is 3.15. The maximum atomic E-state index is 13.0. The van der Waals surface area contributed by atoms with E-state index in [0.717, 1.165) is 17.1 Å². The number of anilines is 1. The molecule has 4 heteroatoms. The SMILES string of the molecule is COc1cc(F)ccc1NCc1cccc(C)n1. The minimum Gasteiger partial charge on any atom is -0.494 e. The van der Waals surface area contributed by atoms with Crippen molar-refractivity contribution < 1.29 is 9.13 Å². The van der Waals surface area contributed by atoms with E-state index in [4.69, 9.17) is 4.74 Å². The molecule has 94 valence electrons. The number of benzene rings is 1. The Balaban J connectivity index is 2.10. The lowest BCUT2D eigenvalue weighted by molar-refractivity contribution is 0.413. The van der Waals surface area contributed by atoms with E-state index in [1.807, 2.05) is 25.1 Å². The number of nitrogens with one attached hydrogen (secondary N) is 1. The Kier molecular flexibility index (Phi) is 3.77. The molecule has 1 N–H and O–H groups in total. The van der Waals surface area contributed by atoms with Gasteiger partial charge in [0, 0.05) is 11.8 Å². The van der Waals surface area contributed by atoms with Crippen molar-refractivity contribution in [3.63, 3.8) is 0 Å². The van der Waals surface area contributed by atoms with Gasteiger partial charge in [0.2, 0.25) is 0 Å². The molecule has 2 rings (SSSR count). The van der Waals surface area contributed by atoms with Gasteiger partial charge in [-0.3, -0.25) is 4.98 Å². The number of halogens is 1. The number of aromatic nitrogens is 1. The van der Waals surface area contributed by atoms with Gasteiger partial charge in [-0.05, 0) is 31.2 Å². The fourth-order valence-electron chi connectivity index (χ4n) is 1.69. The molecule has 3 nitrogen and oxygen atoms in total. The summed E-state index contributed by atoms with van der Waals surface area (Å²) >= 11 is 0. The normalized spacial score (nSPS) is 10.2. The standard InChI is InChI=1S/C14H15FN2O/c1-10-4-3-5-12(17-10)9-16-13-7-6-11(15)8-14(13)18-2/h3-8,16H,9H2,1-2H3. The molecule has 0 amide bonds. The topological polar surface area (TPSA) is 34.1 Å². The number of pyridine rings is 1. The second-order valence-electron chi connectivity index (χ2n) is 3.97. The summed E-state index contributed by atoms with van der Waals surface area (Å²) < 4.78 is 18.1. The first-order valence-electron chi connectivity index (χ1n) is 5.69. The van der Waals surface area contributed by atoms with E-state index in [1.54, 1.807) is 6.07 Å². The molecule has 0 radical (unpaired) electrons. The van der Waals surface area contributed by atoms with Gasteiger partial charge in [-0.15, -0.1) is 0 Å². The van der Waals surface area contributed by atoms with Crippen molar-refractivity contribution in [1.29, 1.82) is 0 Å². The third kappa shape index (κ3) is 2.97. The van der Waals surface area contributed by atoms with Gasteiger partial charge in [-0.1, -0.05) is 6.07 Å². The molecule has 0 saturated heterocycles. The molecular weight excluding hydrogens is 231 g/mol. The lowest BCUT2D eigenvalue weighted by Gasteiger charge is -2.11. The minimum absolute atomic E-state index is 0.314. The first kappa shape index (κ1) is 12.4. The maximum absolute atomic E-state index is 13.0. The first-order valence-corrected chi connectivity index (χ1v) is 5.69. The van der Waals surface area contributed by atoms with Crippen molar-refractivity contribution in [1.82, 2.24) is 4.98 Å². The largest absolute Gasteiger partial charge is 0.494 e. The molecule has 0 aliphatic carbocycles. The Morgan fingerprint density at radius 2 is 2.11 bits per heavy atom. The van der Waals surface area contributed by atoms with Gasteiger partial charge >= 0.3 is 0 Å². The smallest absolute Gasteiger partial charge is 0.144 e. The van der Waals surface area contributed by atoms with Crippen LogP contribution < -0.4 is 10.1 Å². The molecule has 18 heavy (non-hydrogen) atoms. The molecule has 0 unspecified atom stereocenters. The van der Waals surface area contributed by atoms with Crippen molar-refractivity contribution in [2.24, 2.45) is 0 Å². The van der Waals surface area contributed by atoms with Crippen LogP contribution in [0.2, 0.25) is 0 Å². The van der Waals surface area contributed by atoms with Crippen LogP contribution in [0, 0.1) is 12.7 Å². The lowest BCUT2D eigenvalue weighted by Crippen LogP contribution is -2.03. The summed E-state index contributed by atoms with van der Waals surface area (Å²) in [5, 5.41) is 3.18. The average molecular weight is 246 g/mol. The van der Waals surface area contributed by atoms with Gasteiger partial charge in [0.05, 0.1) is 25.0 Å². The van der Waals surface area contributed by atoms with E-state index in [9.17, 15) is 4.39 Å². The van der Waals surface area contributed by atoms with Crippen LogP contribution in [-0.2, 0) is 6.54 Å². The zero-order valence-electron chi connectivity index (χ0n) is 10.4. The molecule has 1 aromatic heterocycles. The van der Waals surface area contributed by atoms with Crippen LogP contribution in [-0.4, -0.2) is 12.1 Å². The second kappa shape index (κ2) is 5.49. The van der Waals surface area contributed by atoms with E-state index < -0.39 is 0 Å². The minimum atomic E-state index is -0.314. The molecule has 1 aromatic carbocycles. The van der Waals surface area contributed by atoms with Crippen LogP contribution in [0.1, 0.15) is 11.4 Å². The highest BCUT2D eigenvalue weighted by Gasteiger charge is 2.04. The van der Waals surface area contributed by atoms with Gasteiger partial charge in [0.25, 0.3) is 0 Å². The van der Waals surface area contributed by atoms with E-state index in [0.29, 0.717) is 12.3 Å². The van der Waals surface area contributed by atoms with Crippen LogP contribution >= 0.6 is 0 Å². The summed E-state index contributed by atoms with van der Waals surface area (Å²) in [5.41, 5.74) is 2.66. The number of hydrogen-bond donors (Lipinski definition) is 1. The maximum Gasteiger partial charge on any atom is 0.144 e. The number of ether oxygens (including phenoxy) is 1. The monoisotopic (exact) mass is 246 g/mol. The molecule has 0 aliphatic heterocycles. The number of rotatable bonds is 4. The molecular formula is C14H15FN2O. The fourth-order valence-corrected chi connectivity index (χ4v) is 1.69. The molecule has 0 fully saturated rings. The molecule has 0 bridgehead atoms. The Labute approximate surface area is 106 Å². The van der Waals surface area contributed by atoms with E-state index in [1.165, 1.54) is 19.2 Å². The van der Waals surface area contributed by atoms with Crippen molar-refractivity contribution >= 4 is 5.69 Å². The summed E-state index contributed by atoms with van der Waals surface area (Å²) in [7, 11) is 1.52. The van der Waals surface area contributed by atoms with E-state index in [2.05, 4.69) is 10.3 Å². The zero-order valence-corrected chi connectivity index (χ0v) is 10.4. The quantitative estimate of drug-likeness (QED) is 0.899. The molecule has 2 aromatic rings. The third-order valence-electron chi connectivity index (χ3n) is 2.57. The van der Waals surface area contributed by atoms with Crippen LogP contribution in [0.3, 0.4) is 0 Å². The van der Waals surface area contributed by atoms with Crippen LogP contribution in [0.4, 0.5) is 10.1 Å². The Morgan fingerprint density at radius 3 is 2.83 bits per heavy atom. The fraction of sp³-hybridized carbons (Fsp3) is 0.214. The summed E-state index contributed by atoms with van der Waals surface area (Å²) in [6.07, 6.45) is 0. The second-order valence-corrected chi connectivity index (χ2v) is 3.97. The van der Waals surface area contributed by atoms with Crippen molar-refractivity contribution in [3.8, 4) is 5.75 Å². The summed E-state index contributed by atoms with van der Waals surface area (Å²) in [4.78, 5) is 4.38. The van der Waals surface area contributed by atoms with Gasteiger partial charge in [-0.2, -0.15) is 0 Å². The van der Waals surface area contributed by atoms with Crippen molar-refractivity contribution in [2.75, 3.05) is 12.4 Å². The zero-order chi connectivity index (χ0) is 13.0. The molecule has 0 aliphatic rings. The highest BCUT2D eigenvalue weighted by molar-refractivity contribution is 5.56. The molecule has 0 atom stereocenters. The molecule has 0 spiro atoms. The Hall–Kier alpha value is -2.10. The van der Waals surface area contributed by atoms with Gasteiger partial charge in [-0.25, -0.2) is 4.39 Å². The first-order chi connectivity index (χ1) is 8.69. The van der Waals surface area contributed by atoms with E-state index in [-0.39, 0.29) is 5.82 Å². The number of aryl methyl sites for hydroxylation is 1. The van der Waals surface area contributed by atoms with Gasteiger partial charge in [0.15, 0.2) is 0 Å². The number of nitrogens with zero attached hydrogens (tertiary/aromatic N) is 1. The summed E-state index contributed by atoms with van der Waals surface area (Å²) in [5.74, 6) is 0.175. The number of methoxy groups -OCH3 is 1. The van der Waals surface area contributed by atoms with E-state index >= 15 is 0 Å². The van der Waals surface area contributed by atoms with Crippen molar-refractivity contribution in [2.45, 2.75) is 13.5 Å². The highest BCUT2D eigenvalue weighted by atomic mass is 19.1. The van der Waals surface area contributed by atoms with Crippen molar-refractivity contribution in [3.05, 3.63) is 53.6 Å². The van der Waals surface area contributed by atoms with Crippen LogP contribution in [0.5, 0.6) is 5.75 Å². The van der Waals surface area contributed by atoms with Gasteiger partial charge in [0.1, 0.15) is 11.6 Å². The predicted molar refractivity (Wildman–Crippen MR) is 69.3 cm³/mol. The van der Waals surface area contributed by atoms with Gasteiger partial charge < -0.3 is 10.1 Å². The highest BCUT2D eigenvalue weighted by Crippen LogP contribution is 2.25. The Bertz CT molecular complexity index is 543.